The number of hydrogen-bond acceptors (Lipinski definition) is 5. The molecule has 7 heteroatoms. The van der Waals surface area contributed by atoms with Crippen molar-refractivity contribution >= 4 is 29.9 Å². The third-order valence-electron chi connectivity index (χ3n) is 1.71. The average molecular weight is 210 g/mol. The predicted octanol–water partition coefficient (Wildman–Crippen LogP) is 0.146. The molecule has 2 aromatic rings. The van der Waals surface area contributed by atoms with Crippen molar-refractivity contribution in [2.24, 2.45) is 0 Å². The molecule has 0 amide bonds. The summed E-state index contributed by atoms with van der Waals surface area (Å²) in [5.74, 6) is -0.946. The quantitative estimate of drug-likeness (QED) is 0.689. The fraction of sp³-hybridized carbons (Fsp3) is 0.143. The molecule has 6 nitrogen and oxygen atoms in total. The van der Waals surface area contributed by atoms with Crippen molar-refractivity contribution in [3.05, 3.63) is 18.3 Å². The molecule has 1 N–H and O–H groups in total. The van der Waals surface area contributed by atoms with Crippen LogP contribution < -0.4 is 0 Å². The van der Waals surface area contributed by atoms with E-state index in [2.05, 4.69) is 27.8 Å². The van der Waals surface area contributed by atoms with Gasteiger partial charge in [0.15, 0.2) is 5.65 Å². The third-order valence-corrected chi connectivity index (χ3v) is 2.00. The van der Waals surface area contributed by atoms with Crippen LogP contribution in [-0.2, 0) is 11.2 Å². The van der Waals surface area contributed by atoms with Gasteiger partial charge in [0.1, 0.15) is 18.2 Å². The van der Waals surface area contributed by atoms with Gasteiger partial charge in [-0.05, 0) is 0 Å². The number of hydrogen-bond donors (Lipinski definition) is 2. The highest BCUT2D eigenvalue weighted by atomic mass is 32.1. The van der Waals surface area contributed by atoms with Crippen LogP contribution in [0.15, 0.2) is 12.7 Å². The zero-order valence-corrected chi connectivity index (χ0v) is 7.85. The van der Waals surface area contributed by atoms with Crippen LogP contribution in [0.5, 0.6) is 0 Å². The molecule has 0 aromatic carbocycles. The molecule has 0 saturated heterocycles. The summed E-state index contributed by atoms with van der Waals surface area (Å²) < 4.78 is 1.42. The first-order chi connectivity index (χ1) is 6.68. The van der Waals surface area contributed by atoms with Gasteiger partial charge in [-0.3, -0.25) is 8.77 Å². The topological polar surface area (TPSA) is 80.9 Å². The Morgan fingerprint density at radius 3 is 3.00 bits per heavy atom. The number of carbonyl (C=O) groups is 1. The maximum Gasteiger partial charge on any atom is 0.309 e. The number of aliphatic carboxylic acids is 1. The van der Waals surface area contributed by atoms with E-state index in [1.807, 2.05) is 0 Å². The van der Waals surface area contributed by atoms with Gasteiger partial charge in [0.2, 0.25) is 0 Å². The molecule has 0 atom stereocenters. The van der Waals surface area contributed by atoms with E-state index in [1.54, 1.807) is 0 Å². The van der Waals surface area contributed by atoms with Crippen LogP contribution in [0.25, 0.3) is 11.2 Å². The molecule has 0 aliphatic carbocycles. The van der Waals surface area contributed by atoms with Crippen LogP contribution >= 0.6 is 12.8 Å². The summed E-state index contributed by atoms with van der Waals surface area (Å²) in [5.41, 5.74) is 1.39. The van der Waals surface area contributed by atoms with Gasteiger partial charge in [-0.2, -0.15) is 0 Å². The highest BCUT2D eigenvalue weighted by molar-refractivity contribution is 7.78. The van der Waals surface area contributed by atoms with Crippen LogP contribution in [0.4, 0.5) is 0 Å². The summed E-state index contributed by atoms with van der Waals surface area (Å²) in [6.07, 6.45) is 2.59. The second kappa shape index (κ2) is 3.26. The van der Waals surface area contributed by atoms with Crippen LogP contribution in [0.2, 0.25) is 0 Å². The summed E-state index contributed by atoms with van der Waals surface area (Å²) in [6.45, 7) is 0. The Bertz CT molecular complexity index is 495. The van der Waals surface area contributed by atoms with E-state index in [1.165, 1.54) is 16.6 Å². The van der Waals surface area contributed by atoms with Gasteiger partial charge in [-0.25, -0.2) is 15.0 Å². The third kappa shape index (κ3) is 1.41. The minimum atomic E-state index is -0.946. The number of carboxylic acids is 1. The summed E-state index contributed by atoms with van der Waals surface area (Å²) in [6, 6.07) is 0. The second-order valence-electron chi connectivity index (χ2n) is 2.65. The smallest absolute Gasteiger partial charge is 0.309 e. The minimum absolute atomic E-state index is 0.163. The molecule has 14 heavy (non-hydrogen) atoms. The van der Waals surface area contributed by atoms with E-state index >= 15 is 0 Å². The van der Waals surface area contributed by atoms with Crippen LogP contribution in [0.3, 0.4) is 0 Å². The number of aromatic nitrogens is 4. The van der Waals surface area contributed by atoms with E-state index in [-0.39, 0.29) is 6.42 Å². The Hall–Kier alpha value is -1.63. The monoisotopic (exact) mass is 210 g/mol. The van der Waals surface area contributed by atoms with Gasteiger partial charge in [-0.15, -0.1) is 0 Å². The lowest BCUT2D eigenvalue weighted by Gasteiger charge is -1.96. The molecule has 2 rings (SSSR count). The molecular formula is C7H6N4O2S. The van der Waals surface area contributed by atoms with Gasteiger partial charge in [0.05, 0.1) is 12.1 Å². The molecule has 0 saturated carbocycles. The van der Waals surface area contributed by atoms with Gasteiger partial charge < -0.3 is 5.11 Å². The van der Waals surface area contributed by atoms with Crippen molar-refractivity contribution < 1.29 is 9.90 Å². The number of imidazole rings is 1. The zero-order valence-electron chi connectivity index (χ0n) is 6.95. The van der Waals surface area contributed by atoms with E-state index in [0.717, 1.165) is 0 Å². The van der Waals surface area contributed by atoms with Crippen molar-refractivity contribution in [3.8, 4) is 0 Å². The molecular weight excluding hydrogens is 204 g/mol. The summed E-state index contributed by atoms with van der Waals surface area (Å²) in [5, 5.41) is 8.62. The normalized spacial score (nSPS) is 10.6. The Labute approximate surface area is 84.2 Å². The summed E-state index contributed by atoms with van der Waals surface area (Å²) in [4.78, 5) is 22.3. The molecule has 0 spiro atoms. The van der Waals surface area contributed by atoms with Crippen molar-refractivity contribution in [3.63, 3.8) is 0 Å². The molecule has 0 fully saturated rings. The first kappa shape index (κ1) is 8.95. The summed E-state index contributed by atoms with van der Waals surface area (Å²) in [7, 11) is 0. The van der Waals surface area contributed by atoms with Crippen molar-refractivity contribution in [1.82, 2.24) is 18.9 Å². The second-order valence-corrected chi connectivity index (χ2v) is 3.08. The van der Waals surface area contributed by atoms with Gasteiger partial charge in [0.25, 0.3) is 0 Å². The number of nitrogens with zero attached hydrogens (tertiary/aromatic N) is 4. The van der Waals surface area contributed by atoms with Crippen molar-refractivity contribution in [2.45, 2.75) is 6.42 Å². The van der Waals surface area contributed by atoms with E-state index in [9.17, 15) is 4.79 Å². The van der Waals surface area contributed by atoms with Crippen LogP contribution in [-0.4, -0.2) is 30.0 Å². The van der Waals surface area contributed by atoms with Gasteiger partial charge in [0, 0.05) is 0 Å². The molecule has 0 aliphatic rings. The highest BCUT2D eigenvalue weighted by Gasteiger charge is 2.11. The average Bonchev–Trinajstić information content (AvgIpc) is 2.49. The van der Waals surface area contributed by atoms with Crippen LogP contribution in [0.1, 0.15) is 5.69 Å². The largest absolute Gasteiger partial charge is 0.481 e. The van der Waals surface area contributed by atoms with E-state index in [0.29, 0.717) is 16.9 Å². The van der Waals surface area contributed by atoms with E-state index < -0.39 is 5.97 Å². The molecule has 0 radical (unpaired) electrons. The molecule has 2 aromatic heterocycles. The molecule has 72 valence electrons. The Morgan fingerprint density at radius 2 is 2.29 bits per heavy atom. The fourth-order valence-corrected chi connectivity index (χ4v) is 1.34. The highest BCUT2D eigenvalue weighted by Crippen LogP contribution is 2.13. The number of carboxylic acid groups (broad SMARTS) is 1. The molecule has 2 heterocycles. The SMILES string of the molecule is O=C(O)Cc1ncnc2c1ncn2S. The van der Waals surface area contributed by atoms with Gasteiger partial charge >= 0.3 is 5.97 Å². The Balaban J connectivity index is 2.59. The number of fused-ring (bicyclic) bond motifs is 1. The lowest BCUT2D eigenvalue weighted by atomic mass is 10.3. The van der Waals surface area contributed by atoms with Crippen molar-refractivity contribution in [1.29, 1.82) is 0 Å². The predicted molar refractivity (Wildman–Crippen MR) is 51.0 cm³/mol. The number of rotatable bonds is 2. The minimum Gasteiger partial charge on any atom is -0.481 e. The molecule has 0 unspecified atom stereocenters. The molecule has 0 bridgehead atoms. The lowest BCUT2D eigenvalue weighted by molar-refractivity contribution is -0.136. The summed E-state index contributed by atoms with van der Waals surface area (Å²) >= 11 is 4.06. The van der Waals surface area contributed by atoms with E-state index in [4.69, 9.17) is 5.11 Å². The maximum absolute atomic E-state index is 10.5. The van der Waals surface area contributed by atoms with Gasteiger partial charge in [-0.1, -0.05) is 12.8 Å². The molecule has 0 aliphatic heterocycles. The maximum atomic E-state index is 10.5. The first-order valence-corrected chi connectivity index (χ1v) is 4.16. The zero-order chi connectivity index (χ0) is 10.1. The number of thiol groups is 1. The lowest BCUT2D eigenvalue weighted by Crippen LogP contribution is -2.03. The van der Waals surface area contributed by atoms with Crippen LogP contribution in [0, 0.1) is 0 Å². The Kier molecular flexibility index (Phi) is 2.08. The Morgan fingerprint density at radius 1 is 1.50 bits per heavy atom. The fourth-order valence-electron chi connectivity index (χ4n) is 1.14. The van der Waals surface area contributed by atoms with Crippen molar-refractivity contribution in [2.75, 3.05) is 0 Å². The first-order valence-electron chi connectivity index (χ1n) is 3.76. The standard InChI is InChI=1S/C7H6N4O2S/c12-5(13)1-4-6-7(9-2-8-4)11(14)3-10-6/h2-3,14H,1H2,(H,12,13).